The molecule has 1 aliphatic rings. The van der Waals surface area contributed by atoms with Crippen LogP contribution in [0.1, 0.15) is 51.6 Å². The maximum absolute atomic E-state index is 12.9. The van der Waals surface area contributed by atoms with E-state index in [9.17, 15) is 18.4 Å². The molecule has 0 aliphatic carbocycles. The fraction of sp³-hybridized carbons (Fsp3) is 0.417. The molecule has 0 aromatic heterocycles. The number of halogens is 3. The van der Waals surface area contributed by atoms with Crippen molar-refractivity contribution in [2.45, 2.75) is 42.9 Å². The Kier molecular flexibility index (Phi) is 9.16. The van der Waals surface area contributed by atoms with Gasteiger partial charge in [0.2, 0.25) is 0 Å². The molecular weight excluding hydrogens is 545 g/mol. The number of ketones is 1. The summed E-state index contributed by atoms with van der Waals surface area (Å²) in [6.45, 7) is 2.94. The van der Waals surface area contributed by atoms with E-state index in [0.717, 1.165) is 53.2 Å². The molecule has 3 rings (SSSR count). The van der Waals surface area contributed by atoms with Crippen molar-refractivity contribution in [3.05, 3.63) is 64.7 Å². The fourth-order valence-corrected chi connectivity index (χ4v) is 3.79. The summed E-state index contributed by atoms with van der Waals surface area (Å²) in [5.41, 5.74) is 2.63. The standard InChI is InChI=1S/C24H27F2IN2O4/c1-16(30)22-19(4-2-6-21(22)33-14-20-5-3-11-32-20)13-28-12-17-7-9-18(10-8-17)23(31)29-15-24(25,26)27/h2,4,6-10,20,28H,3,5,11-15H2,1H3,(H,29,31). The normalized spacial score (nSPS) is 15.9. The van der Waals surface area contributed by atoms with Gasteiger partial charge in [-0.25, -0.2) is 0 Å². The second-order valence-corrected chi connectivity index (χ2v) is 9.47. The van der Waals surface area contributed by atoms with Crippen LogP contribution in [0.25, 0.3) is 0 Å². The molecule has 1 saturated heterocycles. The summed E-state index contributed by atoms with van der Waals surface area (Å²) >= 11 is 0.985. The predicted molar refractivity (Wildman–Crippen MR) is 129 cm³/mol. The lowest BCUT2D eigenvalue weighted by Crippen LogP contribution is -2.32. The van der Waals surface area contributed by atoms with E-state index in [-0.39, 0.29) is 11.9 Å². The smallest absolute Gasteiger partial charge is 0.313 e. The molecule has 2 aromatic rings. The van der Waals surface area contributed by atoms with E-state index in [2.05, 4.69) is 10.6 Å². The Bertz CT molecular complexity index is 958. The molecule has 33 heavy (non-hydrogen) atoms. The molecule has 1 amide bonds. The average Bonchev–Trinajstić information content (AvgIpc) is 3.29. The quantitative estimate of drug-likeness (QED) is 0.236. The zero-order chi connectivity index (χ0) is 23.8. The van der Waals surface area contributed by atoms with E-state index < -0.39 is 16.4 Å². The van der Waals surface area contributed by atoms with Crippen molar-refractivity contribution in [1.29, 1.82) is 0 Å². The summed E-state index contributed by atoms with van der Waals surface area (Å²) in [5, 5.41) is 5.51. The number of benzene rings is 2. The van der Waals surface area contributed by atoms with Crippen molar-refractivity contribution in [2.75, 3.05) is 19.8 Å². The fourth-order valence-electron chi connectivity index (χ4n) is 3.60. The van der Waals surface area contributed by atoms with E-state index in [1.807, 2.05) is 12.1 Å². The van der Waals surface area contributed by atoms with Crippen LogP contribution in [0.5, 0.6) is 5.75 Å². The molecular formula is C24H27F2IN2O4. The minimum atomic E-state index is -2.98. The minimum absolute atomic E-state index is 0.0645. The Morgan fingerprint density at radius 1 is 1.18 bits per heavy atom. The van der Waals surface area contributed by atoms with Crippen LogP contribution in [0.3, 0.4) is 0 Å². The molecule has 178 valence electrons. The number of Topliss-reactive ketones (excluding diaryl/α,β-unsaturated/α-hetero) is 1. The Morgan fingerprint density at radius 3 is 2.58 bits per heavy atom. The van der Waals surface area contributed by atoms with Gasteiger partial charge < -0.3 is 20.1 Å². The third kappa shape index (κ3) is 8.01. The minimum Gasteiger partial charge on any atom is -0.490 e. The molecule has 1 unspecified atom stereocenters. The molecule has 2 aromatic carbocycles. The number of nitrogens with one attached hydrogen (secondary N) is 2. The van der Waals surface area contributed by atoms with Crippen LogP contribution in [-0.2, 0) is 17.8 Å². The zero-order valence-electron chi connectivity index (χ0n) is 18.3. The monoisotopic (exact) mass is 572 g/mol. The highest BCUT2D eigenvalue weighted by Gasteiger charge is 2.24. The van der Waals surface area contributed by atoms with Crippen LogP contribution >= 0.6 is 22.6 Å². The number of alkyl halides is 3. The lowest BCUT2D eigenvalue weighted by Gasteiger charge is -2.16. The molecule has 1 heterocycles. The Morgan fingerprint density at radius 2 is 1.94 bits per heavy atom. The van der Waals surface area contributed by atoms with Crippen LogP contribution in [0, 0.1) is 0 Å². The van der Waals surface area contributed by atoms with Crippen molar-refractivity contribution < 1.29 is 27.8 Å². The topological polar surface area (TPSA) is 76.7 Å². The van der Waals surface area contributed by atoms with Crippen molar-refractivity contribution in [3.63, 3.8) is 0 Å². The largest absolute Gasteiger partial charge is 0.490 e. The summed E-state index contributed by atoms with van der Waals surface area (Å²) in [5.74, 6) is -0.0521. The van der Waals surface area contributed by atoms with Gasteiger partial charge >= 0.3 is 3.93 Å². The Labute approximate surface area is 205 Å². The summed E-state index contributed by atoms with van der Waals surface area (Å²) < 4.78 is 34.3. The highest BCUT2D eigenvalue weighted by Crippen LogP contribution is 2.25. The van der Waals surface area contributed by atoms with Gasteiger partial charge in [0.15, 0.2) is 5.78 Å². The molecule has 2 N–H and O–H groups in total. The lowest BCUT2D eigenvalue weighted by molar-refractivity contribution is 0.0672. The number of rotatable bonds is 11. The SMILES string of the molecule is CC(=O)c1c(CNCc2ccc(C(=O)NCC(F)(F)I)cc2)cccc1OCC1CCCO1. The maximum Gasteiger partial charge on any atom is 0.313 e. The maximum atomic E-state index is 12.9. The van der Waals surface area contributed by atoms with Crippen LogP contribution < -0.4 is 15.4 Å². The lowest BCUT2D eigenvalue weighted by atomic mass is 10.0. The molecule has 6 nitrogen and oxygen atoms in total. The summed E-state index contributed by atoms with van der Waals surface area (Å²) in [7, 11) is 0. The first-order valence-corrected chi connectivity index (χ1v) is 11.8. The second-order valence-electron chi connectivity index (χ2n) is 7.89. The van der Waals surface area contributed by atoms with Gasteiger partial charge in [-0.2, -0.15) is 8.78 Å². The molecule has 9 heteroatoms. The van der Waals surface area contributed by atoms with Gasteiger partial charge in [-0.3, -0.25) is 9.59 Å². The first-order chi connectivity index (χ1) is 15.7. The highest BCUT2D eigenvalue weighted by atomic mass is 127. The van der Waals surface area contributed by atoms with Crippen LogP contribution in [-0.4, -0.2) is 41.5 Å². The number of carbonyl (C=O) groups is 2. The molecule has 0 bridgehead atoms. The molecule has 1 atom stereocenters. The van der Waals surface area contributed by atoms with Crippen LogP contribution in [0.15, 0.2) is 42.5 Å². The summed E-state index contributed by atoms with van der Waals surface area (Å²) in [6.07, 6.45) is 2.05. The Hall–Kier alpha value is -2.11. The third-order valence-electron chi connectivity index (χ3n) is 5.22. The van der Waals surface area contributed by atoms with Gasteiger partial charge in [-0.1, -0.05) is 24.3 Å². The number of amides is 1. The molecule has 1 fully saturated rings. The van der Waals surface area contributed by atoms with Gasteiger partial charge in [0.1, 0.15) is 12.4 Å². The van der Waals surface area contributed by atoms with Crippen molar-refractivity contribution in [2.24, 2.45) is 0 Å². The van der Waals surface area contributed by atoms with Gasteiger partial charge in [0.05, 0.1) is 18.2 Å². The summed E-state index contributed by atoms with van der Waals surface area (Å²) in [6, 6.07) is 12.3. The van der Waals surface area contributed by atoms with E-state index in [1.54, 1.807) is 30.3 Å². The van der Waals surface area contributed by atoms with Crippen molar-refractivity contribution >= 4 is 34.3 Å². The van der Waals surface area contributed by atoms with E-state index in [4.69, 9.17) is 9.47 Å². The number of carbonyl (C=O) groups excluding carboxylic acids is 2. The van der Waals surface area contributed by atoms with Gasteiger partial charge in [-0.15, -0.1) is 0 Å². The second kappa shape index (κ2) is 11.8. The molecule has 1 aliphatic heterocycles. The van der Waals surface area contributed by atoms with Crippen LogP contribution in [0.2, 0.25) is 0 Å². The van der Waals surface area contributed by atoms with E-state index in [0.29, 0.717) is 36.6 Å². The summed E-state index contributed by atoms with van der Waals surface area (Å²) in [4.78, 5) is 24.3. The van der Waals surface area contributed by atoms with E-state index in [1.165, 1.54) is 6.92 Å². The number of hydrogen-bond acceptors (Lipinski definition) is 5. The van der Waals surface area contributed by atoms with E-state index >= 15 is 0 Å². The Balaban J connectivity index is 1.55. The zero-order valence-corrected chi connectivity index (χ0v) is 20.5. The first kappa shape index (κ1) is 25.5. The van der Waals surface area contributed by atoms with Crippen molar-refractivity contribution in [3.8, 4) is 5.75 Å². The molecule has 0 radical (unpaired) electrons. The molecule has 0 saturated carbocycles. The highest BCUT2D eigenvalue weighted by molar-refractivity contribution is 14.1. The number of ether oxygens (including phenoxy) is 2. The van der Waals surface area contributed by atoms with Crippen LogP contribution in [0.4, 0.5) is 8.78 Å². The predicted octanol–water partition coefficient (Wildman–Crippen LogP) is 4.49. The van der Waals surface area contributed by atoms with Gasteiger partial charge in [0.25, 0.3) is 5.91 Å². The van der Waals surface area contributed by atoms with Gasteiger partial charge in [-0.05, 0) is 49.1 Å². The molecule has 0 spiro atoms. The average molecular weight is 572 g/mol. The van der Waals surface area contributed by atoms with Gasteiger partial charge in [0, 0.05) is 47.9 Å². The third-order valence-corrected chi connectivity index (χ3v) is 5.60. The first-order valence-electron chi connectivity index (χ1n) is 10.7. The number of hydrogen-bond donors (Lipinski definition) is 2. The van der Waals surface area contributed by atoms with Crippen molar-refractivity contribution in [1.82, 2.24) is 10.6 Å².